The summed E-state index contributed by atoms with van der Waals surface area (Å²) >= 11 is 0. The van der Waals surface area contributed by atoms with E-state index in [1.54, 1.807) is 6.07 Å². The van der Waals surface area contributed by atoms with Crippen LogP contribution in [-0.4, -0.2) is 23.8 Å². The summed E-state index contributed by atoms with van der Waals surface area (Å²) in [5.41, 5.74) is 1.57. The lowest BCUT2D eigenvalue weighted by Crippen LogP contribution is -2.22. The Balaban J connectivity index is 1.70. The first-order valence-electron chi connectivity index (χ1n) is 6.98. The fourth-order valence-electron chi connectivity index (χ4n) is 2.86. The number of amides is 1. The van der Waals surface area contributed by atoms with Crippen molar-refractivity contribution in [3.63, 3.8) is 0 Å². The molecule has 1 aliphatic carbocycles. The summed E-state index contributed by atoms with van der Waals surface area (Å²) in [5, 5.41) is 11.9. The van der Waals surface area contributed by atoms with Crippen LogP contribution in [0.25, 0.3) is 0 Å². The van der Waals surface area contributed by atoms with E-state index in [1.165, 1.54) is 0 Å². The SMILES string of the molecule is Cc1cc2c(cc1NC(=O)[C@@H]1CC[C@H](C(=O)O)C1)OCO2. The number of nitrogens with one attached hydrogen (secondary N) is 1. The number of carbonyl (C=O) groups excluding carboxylic acids is 1. The topological polar surface area (TPSA) is 84.9 Å². The highest BCUT2D eigenvalue weighted by Gasteiger charge is 2.34. The fraction of sp³-hybridized carbons (Fsp3) is 0.467. The molecule has 2 aliphatic rings. The van der Waals surface area contributed by atoms with Gasteiger partial charge < -0.3 is 19.9 Å². The van der Waals surface area contributed by atoms with Gasteiger partial charge in [0.1, 0.15) is 0 Å². The van der Waals surface area contributed by atoms with Gasteiger partial charge in [0.15, 0.2) is 11.5 Å². The third-order valence-electron chi connectivity index (χ3n) is 4.13. The number of benzene rings is 1. The van der Waals surface area contributed by atoms with Crippen LogP contribution in [0.15, 0.2) is 12.1 Å². The van der Waals surface area contributed by atoms with Crippen molar-refractivity contribution in [1.82, 2.24) is 0 Å². The number of hydrogen-bond donors (Lipinski definition) is 2. The van der Waals surface area contributed by atoms with Gasteiger partial charge in [0.05, 0.1) is 5.92 Å². The summed E-state index contributed by atoms with van der Waals surface area (Å²) in [4.78, 5) is 23.2. The van der Waals surface area contributed by atoms with Gasteiger partial charge >= 0.3 is 5.97 Å². The second-order valence-electron chi connectivity index (χ2n) is 5.55. The minimum absolute atomic E-state index is 0.124. The van der Waals surface area contributed by atoms with Gasteiger partial charge in [-0.25, -0.2) is 0 Å². The first-order chi connectivity index (χ1) is 10.0. The first kappa shape index (κ1) is 13.7. The summed E-state index contributed by atoms with van der Waals surface area (Å²) in [7, 11) is 0. The number of fused-ring (bicyclic) bond motifs is 1. The molecule has 0 saturated heterocycles. The van der Waals surface area contributed by atoms with Gasteiger partial charge in [-0.2, -0.15) is 0 Å². The summed E-state index contributed by atoms with van der Waals surface area (Å²) < 4.78 is 10.6. The van der Waals surface area contributed by atoms with Crippen molar-refractivity contribution in [3.05, 3.63) is 17.7 Å². The standard InChI is InChI=1S/C15H17NO5/c1-8-4-12-13(21-7-20-12)6-11(8)16-14(17)9-2-3-10(5-9)15(18)19/h4,6,9-10H,2-3,5,7H2,1H3,(H,16,17)(H,18,19)/t9-,10+/m1/s1. The van der Waals surface area contributed by atoms with Crippen LogP contribution in [0.5, 0.6) is 11.5 Å². The zero-order valence-electron chi connectivity index (χ0n) is 11.7. The van der Waals surface area contributed by atoms with Crippen LogP contribution in [0.3, 0.4) is 0 Å². The zero-order valence-corrected chi connectivity index (χ0v) is 11.7. The molecule has 1 saturated carbocycles. The van der Waals surface area contributed by atoms with E-state index in [0.717, 1.165) is 5.56 Å². The fourth-order valence-corrected chi connectivity index (χ4v) is 2.86. The molecule has 2 N–H and O–H groups in total. The summed E-state index contributed by atoms with van der Waals surface area (Å²) in [6.07, 6.45) is 1.59. The Morgan fingerprint density at radius 1 is 1.19 bits per heavy atom. The van der Waals surface area contributed by atoms with Gasteiger partial charge in [-0.1, -0.05) is 0 Å². The lowest BCUT2D eigenvalue weighted by molar-refractivity contribution is -0.141. The van der Waals surface area contributed by atoms with Gasteiger partial charge in [-0.05, 0) is 37.8 Å². The number of rotatable bonds is 3. The Hall–Kier alpha value is -2.24. The molecule has 2 atom stereocenters. The smallest absolute Gasteiger partial charge is 0.306 e. The van der Waals surface area contributed by atoms with Crippen molar-refractivity contribution >= 4 is 17.6 Å². The highest BCUT2D eigenvalue weighted by molar-refractivity contribution is 5.94. The third kappa shape index (κ3) is 2.66. The summed E-state index contributed by atoms with van der Waals surface area (Å²) in [6, 6.07) is 3.58. The predicted molar refractivity (Wildman–Crippen MR) is 74.4 cm³/mol. The Morgan fingerprint density at radius 3 is 2.52 bits per heavy atom. The van der Waals surface area contributed by atoms with Crippen molar-refractivity contribution in [2.75, 3.05) is 12.1 Å². The third-order valence-corrected chi connectivity index (χ3v) is 4.13. The maximum atomic E-state index is 12.3. The lowest BCUT2D eigenvalue weighted by Gasteiger charge is -2.13. The number of ether oxygens (including phenoxy) is 2. The average Bonchev–Trinajstić information content (AvgIpc) is 3.07. The monoisotopic (exact) mass is 291 g/mol. The highest BCUT2D eigenvalue weighted by Crippen LogP contribution is 2.37. The van der Waals surface area contributed by atoms with Crippen LogP contribution in [0.2, 0.25) is 0 Å². The molecule has 6 heteroatoms. The number of carboxylic acid groups (broad SMARTS) is 1. The Labute approximate surface area is 122 Å². The number of aryl methyl sites for hydroxylation is 1. The molecule has 6 nitrogen and oxygen atoms in total. The summed E-state index contributed by atoms with van der Waals surface area (Å²) in [5.74, 6) is -0.289. The molecule has 1 fully saturated rings. The van der Waals surface area contributed by atoms with Crippen LogP contribution in [-0.2, 0) is 9.59 Å². The van der Waals surface area contributed by atoms with Crippen LogP contribution in [0.4, 0.5) is 5.69 Å². The van der Waals surface area contributed by atoms with Crippen LogP contribution in [0.1, 0.15) is 24.8 Å². The number of hydrogen-bond acceptors (Lipinski definition) is 4. The van der Waals surface area contributed by atoms with Crippen molar-refractivity contribution in [2.24, 2.45) is 11.8 Å². The van der Waals surface area contributed by atoms with Crippen LogP contribution >= 0.6 is 0 Å². The largest absolute Gasteiger partial charge is 0.481 e. The second kappa shape index (κ2) is 5.27. The molecule has 0 unspecified atom stereocenters. The van der Waals surface area contributed by atoms with Crippen LogP contribution < -0.4 is 14.8 Å². The average molecular weight is 291 g/mol. The highest BCUT2D eigenvalue weighted by atomic mass is 16.7. The quantitative estimate of drug-likeness (QED) is 0.891. The molecule has 1 aliphatic heterocycles. The van der Waals surface area contributed by atoms with Crippen molar-refractivity contribution < 1.29 is 24.2 Å². The van der Waals surface area contributed by atoms with Crippen molar-refractivity contribution in [2.45, 2.75) is 26.2 Å². The van der Waals surface area contributed by atoms with Gasteiger partial charge in [0, 0.05) is 17.7 Å². The molecule has 0 spiro atoms. The predicted octanol–water partition coefficient (Wildman–Crippen LogP) is 2.16. The van der Waals surface area contributed by atoms with E-state index in [2.05, 4.69) is 5.32 Å². The van der Waals surface area contributed by atoms with E-state index in [1.807, 2.05) is 13.0 Å². The normalized spacial score (nSPS) is 23.1. The van der Waals surface area contributed by atoms with E-state index in [9.17, 15) is 9.59 Å². The minimum Gasteiger partial charge on any atom is -0.481 e. The molecule has 21 heavy (non-hydrogen) atoms. The molecule has 1 aromatic carbocycles. The van der Waals surface area contributed by atoms with E-state index >= 15 is 0 Å². The van der Waals surface area contributed by atoms with E-state index < -0.39 is 11.9 Å². The molecule has 0 radical (unpaired) electrons. The lowest BCUT2D eigenvalue weighted by atomic mass is 10.0. The molecule has 0 aromatic heterocycles. The summed E-state index contributed by atoms with van der Waals surface area (Å²) in [6.45, 7) is 2.07. The van der Waals surface area contributed by atoms with E-state index in [-0.39, 0.29) is 18.6 Å². The van der Waals surface area contributed by atoms with E-state index in [0.29, 0.717) is 36.4 Å². The molecule has 1 aromatic rings. The Morgan fingerprint density at radius 2 is 1.86 bits per heavy atom. The number of carbonyl (C=O) groups is 2. The molecule has 0 bridgehead atoms. The number of carboxylic acids is 1. The second-order valence-corrected chi connectivity index (χ2v) is 5.55. The first-order valence-corrected chi connectivity index (χ1v) is 6.98. The molecular weight excluding hydrogens is 274 g/mol. The number of aliphatic carboxylic acids is 1. The molecule has 1 amide bonds. The van der Waals surface area contributed by atoms with Gasteiger partial charge in [0.25, 0.3) is 0 Å². The maximum absolute atomic E-state index is 12.3. The zero-order chi connectivity index (χ0) is 15.0. The van der Waals surface area contributed by atoms with Crippen molar-refractivity contribution in [3.8, 4) is 11.5 Å². The maximum Gasteiger partial charge on any atom is 0.306 e. The van der Waals surface area contributed by atoms with Crippen LogP contribution in [0, 0.1) is 18.8 Å². The van der Waals surface area contributed by atoms with Gasteiger partial charge in [0.2, 0.25) is 12.7 Å². The number of anilines is 1. The molecular formula is C15H17NO5. The van der Waals surface area contributed by atoms with Crippen molar-refractivity contribution in [1.29, 1.82) is 0 Å². The van der Waals surface area contributed by atoms with E-state index in [4.69, 9.17) is 14.6 Å². The Kier molecular flexibility index (Phi) is 3.45. The minimum atomic E-state index is -0.815. The molecule has 112 valence electrons. The van der Waals surface area contributed by atoms with Gasteiger partial charge in [-0.15, -0.1) is 0 Å². The van der Waals surface area contributed by atoms with Gasteiger partial charge in [-0.3, -0.25) is 9.59 Å². The molecule has 3 rings (SSSR count). The molecule has 1 heterocycles. The Bertz CT molecular complexity index is 598.